The number of amides is 1. The van der Waals surface area contributed by atoms with E-state index in [0.717, 1.165) is 12.8 Å². The van der Waals surface area contributed by atoms with E-state index < -0.39 is 11.1 Å². The summed E-state index contributed by atoms with van der Waals surface area (Å²) in [6.45, 7) is 0. The van der Waals surface area contributed by atoms with Crippen LogP contribution in [0, 0.1) is 0 Å². The van der Waals surface area contributed by atoms with Gasteiger partial charge in [0, 0.05) is 11.6 Å². The van der Waals surface area contributed by atoms with Gasteiger partial charge < -0.3 is 9.87 Å². The number of benzene rings is 1. The van der Waals surface area contributed by atoms with Gasteiger partial charge in [-0.3, -0.25) is 4.79 Å². The molecular formula is C10H11NO3S. The molecule has 2 rings (SSSR count). The predicted octanol–water partition coefficient (Wildman–Crippen LogP) is 1.16. The van der Waals surface area contributed by atoms with Crippen molar-refractivity contribution in [2.75, 3.05) is 0 Å². The van der Waals surface area contributed by atoms with Gasteiger partial charge in [-0.1, -0.05) is 6.07 Å². The van der Waals surface area contributed by atoms with Crippen LogP contribution in [0.1, 0.15) is 23.2 Å². The topological polar surface area (TPSA) is 66.4 Å². The summed E-state index contributed by atoms with van der Waals surface area (Å²) in [4.78, 5) is 11.8. The number of carbonyl (C=O) groups excluding carboxylic acids is 1. The lowest BCUT2D eigenvalue weighted by molar-refractivity contribution is 0.0951. The SMILES string of the molecule is O=C(NC1CC1)c1cccc(S(=O)O)c1. The molecule has 1 unspecified atom stereocenters. The van der Waals surface area contributed by atoms with Crippen molar-refractivity contribution in [1.29, 1.82) is 0 Å². The monoisotopic (exact) mass is 225 g/mol. The third kappa shape index (κ3) is 2.64. The van der Waals surface area contributed by atoms with Crippen LogP contribution in [-0.2, 0) is 11.1 Å². The second-order valence-corrected chi connectivity index (χ2v) is 4.49. The Hall–Kier alpha value is -1.20. The molecule has 1 amide bonds. The third-order valence-corrected chi connectivity index (χ3v) is 2.87. The molecule has 5 heteroatoms. The fourth-order valence-corrected chi connectivity index (χ4v) is 1.67. The average Bonchev–Trinajstić information content (AvgIpc) is 3.02. The molecule has 0 aliphatic heterocycles. The van der Waals surface area contributed by atoms with Gasteiger partial charge in [0.1, 0.15) is 0 Å². The van der Waals surface area contributed by atoms with E-state index in [0.29, 0.717) is 11.6 Å². The molecule has 1 atom stereocenters. The molecule has 0 bridgehead atoms. The number of carbonyl (C=O) groups is 1. The average molecular weight is 225 g/mol. The molecule has 1 aliphatic rings. The fourth-order valence-electron chi connectivity index (χ4n) is 1.24. The Morgan fingerprint density at radius 1 is 1.47 bits per heavy atom. The fraction of sp³-hybridized carbons (Fsp3) is 0.300. The zero-order chi connectivity index (χ0) is 10.8. The van der Waals surface area contributed by atoms with Crippen LogP contribution in [-0.4, -0.2) is 20.7 Å². The molecule has 0 aromatic heterocycles. The maximum Gasteiger partial charge on any atom is 0.251 e. The van der Waals surface area contributed by atoms with Gasteiger partial charge in [-0.15, -0.1) is 0 Å². The van der Waals surface area contributed by atoms with Gasteiger partial charge in [-0.2, -0.15) is 0 Å². The van der Waals surface area contributed by atoms with E-state index in [4.69, 9.17) is 4.55 Å². The van der Waals surface area contributed by atoms with Crippen molar-refractivity contribution >= 4 is 17.0 Å². The summed E-state index contributed by atoms with van der Waals surface area (Å²) in [5, 5.41) is 2.82. The summed E-state index contributed by atoms with van der Waals surface area (Å²) in [5.41, 5.74) is 0.432. The Balaban J connectivity index is 2.15. The third-order valence-electron chi connectivity index (χ3n) is 2.21. The Bertz CT molecular complexity index is 415. The van der Waals surface area contributed by atoms with Gasteiger partial charge in [-0.25, -0.2) is 4.21 Å². The van der Waals surface area contributed by atoms with Gasteiger partial charge in [0.05, 0.1) is 4.90 Å². The highest BCUT2D eigenvalue weighted by Gasteiger charge is 2.23. The van der Waals surface area contributed by atoms with E-state index >= 15 is 0 Å². The minimum atomic E-state index is -2.03. The Morgan fingerprint density at radius 2 is 2.20 bits per heavy atom. The van der Waals surface area contributed by atoms with Gasteiger partial charge in [0.15, 0.2) is 11.1 Å². The molecule has 4 nitrogen and oxygen atoms in total. The van der Waals surface area contributed by atoms with Crippen LogP contribution in [0.5, 0.6) is 0 Å². The molecule has 1 fully saturated rings. The van der Waals surface area contributed by atoms with Gasteiger partial charge in [0.25, 0.3) is 5.91 Å². The van der Waals surface area contributed by atoms with E-state index in [1.807, 2.05) is 0 Å². The number of nitrogens with one attached hydrogen (secondary N) is 1. The molecule has 1 aliphatic carbocycles. The zero-order valence-electron chi connectivity index (χ0n) is 7.97. The molecule has 0 heterocycles. The van der Waals surface area contributed by atoms with Gasteiger partial charge in [-0.05, 0) is 31.0 Å². The predicted molar refractivity (Wildman–Crippen MR) is 56.0 cm³/mol. The maximum atomic E-state index is 11.6. The minimum Gasteiger partial charge on any atom is -0.349 e. The van der Waals surface area contributed by atoms with Crippen LogP contribution >= 0.6 is 0 Å². The first kappa shape index (κ1) is 10.3. The lowest BCUT2D eigenvalue weighted by Gasteiger charge is -2.03. The lowest BCUT2D eigenvalue weighted by Crippen LogP contribution is -2.25. The maximum absolute atomic E-state index is 11.6. The quantitative estimate of drug-likeness (QED) is 0.758. The lowest BCUT2D eigenvalue weighted by atomic mass is 10.2. The van der Waals surface area contributed by atoms with Crippen molar-refractivity contribution in [3.05, 3.63) is 29.8 Å². The largest absolute Gasteiger partial charge is 0.349 e. The van der Waals surface area contributed by atoms with Crippen LogP contribution in [0.25, 0.3) is 0 Å². The molecule has 80 valence electrons. The Labute approximate surface area is 90.0 Å². The molecule has 1 saturated carbocycles. The van der Waals surface area contributed by atoms with Crippen molar-refractivity contribution in [3.63, 3.8) is 0 Å². The van der Waals surface area contributed by atoms with Crippen molar-refractivity contribution < 1.29 is 13.6 Å². The van der Waals surface area contributed by atoms with E-state index in [9.17, 15) is 9.00 Å². The normalized spacial score (nSPS) is 17.1. The summed E-state index contributed by atoms with van der Waals surface area (Å²) in [5.74, 6) is -0.176. The first-order valence-corrected chi connectivity index (χ1v) is 5.79. The number of rotatable bonds is 3. The molecule has 15 heavy (non-hydrogen) atoms. The molecule has 0 radical (unpaired) electrons. The summed E-state index contributed by atoms with van der Waals surface area (Å²) < 4.78 is 19.7. The first-order chi connectivity index (χ1) is 7.16. The van der Waals surface area contributed by atoms with E-state index in [1.165, 1.54) is 12.1 Å². The Morgan fingerprint density at radius 3 is 2.80 bits per heavy atom. The summed E-state index contributed by atoms with van der Waals surface area (Å²) in [7, 11) is 0. The number of hydrogen-bond acceptors (Lipinski definition) is 2. The van der Waals surface area contributed by atoms with Crippen LogP contribution in [0.2, 0.25) is 0 Å². The standard InChI is InChI=1S/C10H11NO3S/c12-10(11-8-4-5-8)7-2-1-3-9(6-7)15(13)14/h1-3,6,8H,4-5H2,(H,11,12)(H,13,14). The summed E-state index contributed by atoms with van der Waals surface area (Å²) in [6.07, 6.45) is 2.05. The first-order valence-electron chi connectivity index (χ1n) is 4.68. The van der Waals surface area contributed by atoms with E-state index in [-0.39, 0.29) is 10.8 Å². The molecule has 0 saturated heterocycles. The van der Waals surface area contributed by atoms with Gasteiger partial charge in [0.2, 0.25) is 0 Å². The summed E-state index contributed by atoms with van der Waals surface area (Å²) in [6, 6.07) is 6.48. The van der Waals surface area contributed by atoms with Crippen LogP contribution < -0.4 is 5.32 Å². The highest BCUT2D eigenvalue weighted by atomic mass is 32.2. The molecule has 0 spiro atoms. The summed E-state index contributed by atoms with van der Waals surface area (Å²) >= 11 is -2.03. The Kier molecular flexibility index (Phi) is 2.83. The molecule has 2 N–H and O–H groups in total. The number of hydrogen-bond donors (Lipinski definition) is 2. The van der Waals surface area contributed by atoms with E-state index in [2.05, 4.69) is 5.32 Å². The molecule has 1 aromatic rings. The minimum absolute atomic E-state index is 0.176. The smallest absolute Gasteiger partial charge is 0.251 e. The second-order valence-electron chi connectivity index (χ2n) is 3.52. The van der Waals surface area contributed by atoms with E-state index in [1.54, 1.807) is 12.1 Å². The molecule has 1 aromatic carbocycles. The highest BCUT2D eigenvalue weighted by molar-refractivity contribution is 7.79. The zero-order valence-corrected chi connectivity index (χ0v) is 8.79. The van der Waals surface area contributed by atoms with Crippen molar-refractivity contribution in [2.24, 2.45) is 0 Å². The highest BCUT2D eigenvalue weighted by Crippen LogP contribution is 2.19. The van der Waals surface area contributed by atoms with Gasteiger partial charge >= 0.3 is 0 Å². The van der Waals surface area contributed by atoms with Crippen molar-refractivity contribution in [2.45, 2.75) is 23.8 Å². The van der Waals surface area contributed by atoms with Crippen LogP contribution in [0.15, 0.2) is 29.2 Å². The van der Waals surface area contributed by atoms with Crippen molar-refractivity contribution in [1.82, 2.24) is 5.32 Å². The second kappa shape index (κ2) is 4.12. The van der Waals surface area contributed by atoms with Crippen LogP contribution in [0.3, 0.4) is 0 Å². The van der Waals surface area contributed by atoms with Crippen LogP contribution in [0.4, 0.5) is 0 Å². The molecular weight excluding hydrogens is 214 g/mol. The van der Waals surface area contributed by atoms with Crippen molar-refractivity contribution in [3.8, 4) is 0 Å².